The standard InChI is InChI=1S/C14H19BrN2O3S/c1-16(8-11-7-10(15)9-21-11)14(20)17-6-4-2-3-5-12(17)13(18)19/h7,9,12H,2-6,8H2,1H3,(H,18,19). The number of likely N-dealkylation sites (tertiary alicyclic amines) is 1. The molecule has 1 atom stereocenters. The molecule has 0 spiro atoms. The van der Waals surface area contributed by atoms with E-state index >= 15 is 0 Å². The number of amides is 2. The van der Waals surface area contributed by atoms with Crippen molar-refractivity contribution in [3.8, 4) is 0 Å². The van der Waals surface area contributed by atoms with Crippen LogP contribution in [0.3, 0.4) is 0 Å². The third kappa shape index (κ3) is 4.20. The predicted octanol–water partition coefficient (Wildman–Crippen LogP) is 3.39. The van der Waals surface area contributed by atoms with Gasteiger partial charge in [0, 0.05) is 28.3 Å². The molecule has 0 radical (unpaired) electrons. The Morgan fingerprint density at radius 1 is 1.48 bits per heavy atom. The van der Waals surface area contributed by atoms with Crippen LogP contribution in [-0.4, -0.2) is 46.5 Å². The zero-order valence-electron chi connectivity index (χ0n) is 11.9. The van der Waals surface area contributed by atoms with E-state index in [4.69, 9.17) is 0 Å². The fourth-order valence-electron chi connectivity index (χ4n) is 2.55. The number of rotatable bonds is 3. The van der Waals surface area contributed by atoms with Crippen LogP contribution in [0.25, 0.3) is 0 Å². The average Bonchev–Trinajstić information content (AvgIpc) is 2.71. The van der Waals surface area contributed by atoms with Gasteiger partial charge in [-0.25, -0.2) is 9.59 Å². The van der Waals surface area contributed by atoms with E-state index in [2.05, 4.69) is 15.9 Å². The van der Waals surface area contributed by atoms with Crippen molar-refractivity contribution in [3.05, 3.63) is 20.8 Å². The van der Waals surface area contributed by atoms with Crippen molar-refractivity contribution < 1.29 is 14.7 Å². The molecular weight excluding hydrogens is 356 g/mol. The number of carboxylic acid groups (broad SMARTS) is 1. The van der Waals surface area contributed by atoms with Crippen LogP contribution in [0.4, 0.5) is 4.79 Å². The van der Waals surface area contributed by atoms with Gasteiger partial charge in [0.25, 0.3) is 0 Å². The molecule has 1 aliphatic heterocycles. The second kappa shape index (κ2) is 7.26. The quantitative estimate of drug-likeness (QED) is 0.881. The lowest BCUT2D eigenvalue weighted by molar-refractivity contribution is -0.142. The molecule has 7 heteroatoms. The van der Waals surface area contributed by atoms with Gasteiger partial charge < -0.3 is 14.9 Å². The zero-order chi connectivity index (χ0) is 15.4. The first-order valence-corrected chi connectivity index (χ1v) is 8.63. The monoisotopic (exact) mass is 374 g/mol. The summed E-state index contributed by atoms with van der Waals surface area (Å²) >= 11 is 4.97. The van der Waals surface area contributed by atoms with Gasteiger partial charge in [-0.15, -0.1) is 11.3 Å². The summed E-state index contributed by atoms with van der Waals surface area (Å²) in [5, 5.41) is 11.3. The fourth-order valence-corrected chi connectivity index (χ4v) is 4.05. The average molecular weight is 375 g/mol. The van der Waals surface area contributed by atoms with Gasteiger partial charge in [0.05, 0.1) is 6.54 Å². The summed E-state index contributed by atoms with van der Waals surface area (Å²) in [7, 11) is 1.72. The number of urea groups is 1. The van der Waals surface area contributed by atoms with Crippen molar-refractivity contribution >= 4 is 39.3 Å². The Kier molecular flexibility index (Phi) is 5.64. The highest BCUT2D eigenvalue weighted by atomic mass is 79.9. The number of carbonyl (C=O) groups excluding carboxylic acids is 1. The van der Waals surface area contributed by atoms with Gasteiger partial charge in [-0.2, -0.15) is 0 Å². The van der Waals surface area contributed by atoms with Crippen molar-refractivity contribution in [2.24, 2.45) is 0 Å². The van der Waals surface area contributed by atoms with Gasteiger partial charge in [-0.1, -0.05) is 12.8 Å². The highest BCUT2D eigenvalue weighted by molar-refractivity contribution is 9.10. The Balaban J connectivity index is 2.06. The minimum atomic E-state index is -0.905. The predicted molar refractivity (Wildman–Crippen MR) is 85.5 cm³/mol. The first-order valence-electron chi connectivity index (χ1n) is 6.96. The van der Waals surface area contributed by atoms with Crippen LogP contribution in [0.15, 0.2) is 15.9 Å². The second-order valence-electron chi connectivity index (χ2n) is 5.27. The van der Waals surface area contributed by atoms with Crippen LogP contribution in [0.2, 0.25) is 0 Å². The molecule has 1 N–H and O–H groups in total. The maximum atomic E-state index is 12.6. The lowest BCUT2D eigenvalue weighted by Crippen LogP contribution is -2.49. The molecule has 0 saturated carbocycles. The van der Waals surface area contributed by atoms with E-state index in [0.29, 0.717) is 19.5 Å². The molecule has 2 rings (SSSR count). The molecule has 5 nitrogen and oxygen atoms in total. The summed E-state index contributed by atoms with van der Waals surface area (Å²) in [4.78, 5) is 28.1. The number of carboxylic acids is 1. The summed E-state index contributed by atoms with van der Waals surface area (Å²) in [6, 6.07) is 1.08. The van der Waals surface area contributed by atoms with Gasteiger partial charge in [0.15, 0.2) is 0 Å². The van der Waals surface area contributed by atoms with Crippen LogP contribution >= 0.6 is 27.3 Å². The van der Waals surface area contributed by atoms with Crippen molar-refractivity contribution in [2.75, 3.05) is 13.6 Å². The molecular formula is C14H19BrN2O3S. The lowest BCUT2D eigenvalue weighted by Gasteiger charge is -2.31. The summed E-state index contributed by atoms with van der Waals surface area (Å²) in [5.74, 6) is -0.905. The Morgan fingerprint density at radius 2 is 2.24 bits per heavy atom. The van der Waals surface area contributed by atoms with Crippen LogP contribution < -0.4 is 0 Å². The number of hydrogen-bond donors (Lipinski definition) is 1. The normalized spacial score (nSPS) is 19.1. The number of thiophene rings is 1. The van der Waals surface area contributed by atoms with Gasteiger partial charge >= 0.3 is 12.0 Å². The molecule has 0 aliphatic carbocycles. The van der Waals surface area contributed by atoms with Crippen LogP contribution in [0.5, 0.6) is 0 Å². The molecule has 116 valence electrons. The fraction of sp³-hybridized carbons (Fsp3) is 0.571. The van der Waals surface area contributed by atoms with Gasteiger partial charge in [-0.05, 0) is 34.8 Å². The highest BCUT2D eigenvalue weighted by Crippen LogP contribution is 2.23. The van der Waals surface area contributed by atoms with E-state index in [0.717, 1.165) is 28.6 Å². The van der Waals surface area contributed by atoms with Crippen LogP contribution in [0.1, 0.15) is 30.6 Å². The van der Waals surface area contributed by atoms with Gasteiger partial charge in [-0.3, -0.25) is 0 Å². The number of halogens is 1. The third-order valence-electron chi connectivity index (χ3n) is 3.62. The summed E-state index contributed by atoms with van der Waals surface area (Å²) in [5.41, 5.74) is 0. The van der Waals surface area contributed by atoms with E-state index in [-0.39, 0.29) is 6.03 Å². The van der Waals surface area contributed by atoms with E-state index in [1.54, 1.807) is 23.3 Å². The minimum Gasteiger partial charge on any atom is -0.480 e. The number of hydrogen-bond acceptors (Lipinski definition) is 3. The Morgan fingerprint density at radius 3 is 2.86 bits per heavy atom. The molecule has 21 heavy (non-hydrogen) atoms. The van der Waals surface area contributed by atoms with E-state index in [1.807, 2.05) is 11.4 Å². The number of aliphatic carboxylic acids is 1. The Hall–Kier alpha value is -1.08. The molecule has 1 fully saturated rings. The topological polar surface area (TPSA) is 60.9 Å². The molecule has 1 saturated heterocycles. The molecule has 2 amide bonds. The first kappa shape index (κ1) is 16.3. The van der Waals surface area contributed by atoms with E-state index in [9.17, 15) is 14.7 Å². The van der Waals surface area contributed by atoms with Crippen molar-refractivity contribution in [3.63, 3.8) is 0 Å². The van der Waals surface area contributed by atoms with E-state index in [1.165, 1.54) is 4.90 Å². The van der Waals surface area contributed by atoms with Crippen molar-refractivity contribution in [1.29, 1.82) is 0 Å². The van der Waals surface area contributed by atoms with Crippen molar-refractivity contribution in [2.45, 2.75) is 38.3 Å². The molecule has 1 aliphatic rings. The Bertz CT molecular complexity index is 520. The first-order chi connectivity index (χ1) is 9.99. The molecule has 0 bridgehead atoms. The van der Waals surface area contributed by atoms with Gasteiger partial charge in [0.2, 0.25) is 0 Å². The molecule has 1 aromatic rings. The smallest absolute Gasteiger partial charge is 0.326 e. The third-order valence-corrected chi connectivity index (χ3v) is 5.31. The molecule has 0 aromatic carbocycles. The maximum Gasteiger partial charge on any atom is 0.326 e. The van der Waals surface area contributed by atoms with E-state index < -0.39 is 12.0 Å². The summed E-state index contributed by atoms with van der Waals surface area (Å²) < 4.78 is 1.00. The van der Waals surface area contributed by atoms with Crippen molar-refractivity contribution in [1.82, 2.24) is 9.80 Å². The summed E-state index contributed by atoms with van der Waals surface area (Å²) in [6.07, 6.45) is 3.25. The Labute approximate surface area is 136 Å². The van der Waals surface area contributed by atoms with Gasteiger partial charge in [0.1, 0.15) is 6.04 Å². The number of nitrogens with zero attached hydrogens (tertiary/aromatic N) is 2. The SMILES string of the molecule is CN(Cc1cc(Br)cs1)C(=O)N1CCCCCC1C(=O)O. The zero-order valence-corrected chi connectivity index (χ0v) is 14.3. The largest absolute Gasteiger partial charge is 0.480 e. The molecule has 1 unspecified atom stereocenters. The number of carbonyl (C=O) groups is 2. The lowest BCUT2D eigenvalue weighted by atomic mass is 10.1. The highest BCUT2D eigenvalue weighted by Gasteiger charge is 2.32. The minimum absolute atomic E-state index is 0.200. The second-order valence-corrected chi connectivity index (χ2v) is 7.18. The van der Waals surface area contributed by atoms with Crippen LogP contribution in [-0.2, 0) is 11.3 Å². The van der Waals surface area contributed by atoms with Crippen LogP contribution in [0, 0.1) is 0 Å². The maximum absolute atomic E-state index is 12.6. The molecule has 1 aromatic heterocycles. The molecule has 2 heterocycles. The summed E-state index contributed by atoms with van der Waals surface area (Å²) in [6.45, 7) is 1.02.